The van der Waals surface area contributed by atoms with Gasteiger partial charge in [0.05, 0.1) is 76.9 Å². The Balaban J connectivity index is 0.925. The maximum Gasteiger partial charge on any atom is 0.306 e. The van der Waals surface area contributed by atoms with E-state index in [2.05, 4.69) is 63.8 Å². The van der Waals surface area contributed by atoms with Gasteiger partial charge in [0.2, 0.25) is 41.2 Å². The number of halogens is 3. The van der Waals surface area contributed by atoms with Gasteiger partial charge in [-0.15, -0.1) is 11.6 Å². The number of hydrogen-bond donors (Lipinski definition) is 8. The molecule has 30 heteroatoms. The third kappa shape index (κ3) is 17.4. The summed E-state index contributed by atoms with van der Waals surface area (Å²) < 4.78 is 33.7. The molecular formula is C56H78Br2ClN7O20. The van der Waals surface area contributed by atoms with E-state index in [-0.39, 0.29) is 131 Å². The van der Waals surface area contributed by atoms with Gasteiger partial charge in [-0.05, 0) is 94.9 Å². The molecule has 10 atom stereocenters. The molecule has 5 rings (SSSR count). The van der Waals surface area contributed by atoms with Gasteiger partial charge in [0.15, 0.2) is 11.4 Å². The van der Waals surface area contributed by atoms with Crippen LogP contribution in [0.5, 0.6) is 0 Å². The van der Waals surface area contributed by atoms with Gasteiger partial charge in [-0.25, -0.2) is 0 Å². The Morgan fingerprint density at radius 3 is 1.99 bits per heavy atom. The minimum absolute atomic E-state index is 0.0130. The lowest BCUT2D eigenvalue weighted by atomic mass is 9.45. The Labute approximate surface area is 519 Å². The predicted molar refractivity (Wildman–Crippen MR) is 310 cm³/mol. The van der Waals surface area contributed by atoms with Gasteiger partial charge in [0.1, 0.15) is 34.4 Å². The van der Waals surface area contributed by atoms with Crippen LogP contribution >= 0.6 is 43.5 Å². The van der Waals surface area contributed by atoms with Gasteiger partial charge in [0.25, 0.3) is 11.8 Å². The molecule has 8 amide bonds. The number of rotatable bonds is 36. The number of esters is 1. The molecule has 0 aromatic heterocycles. The lowest BCUT2D eigenvalue weighted by molar-refractivity contribution is -0.203. The standard InChI is InChI=1S/C56H78Br2ClN7O20/c1-6-46(76)86-56(32(2)25-37-36-8-7-34-26-35(67)11-14-53(34,4)55(36,59)39(68)27-54(37,56)5)40(69)30-85-31-63-44(73)28-61-43(72)29-62-49(77)33(3)64-50(78)38(9-10-45(74)75)65-42(71)13-17-81-19-21-83-23-24-84-22-20-82-18-15-60-41(70)12-16-66-51(79)47(57)48(58)52(66)80/h11,14,26,32-33,36-39,68H,6-10,12-13,15-25,27-31H2,1-5H3,(H,60,70)(H,61,72)(H,62,77)(H,63,73)(H,64,78)(H,65,71)(H,74,75)/t32-,33-,36?,37?,38-,39-,53-,54-,55-,56-/m0/s1. The van der Waals surface area contributed by atoms with Gasteiger partial charge in [-0.1, -0.05) is 39.3 Å². The number of alkyl halides is 1. The van der Waals surface area contributed by atoms with Gasteiger partial charge in [-0.2, -0.15) is 0 Å². The molecule has 5 aliphatic rings. The van der Waals surface area contributed by atoms with E-state index < -0.39 is 137 Å². The number of hydrogen-bond acceptors (Lipinski definition) is 19. The van der Waals surface area contributed by atoms with Crippen LogP contribution in [0.15, 0.2) is 32.8 Å². The molecule has 0 aromatic carbocycles. The molecule has 0 saturated heterocycles. The minimum atomic E-state index is -1.72. The first-order valence-corrected chi connectivity index (χ1v) is 30.4. The average molecular weight is 1360 g/mol. The number of carbonyl (C=O) groups is 12. The van der Waals surface area contributed by atoms with Crippen LogP contribution in [0.25, 0.3) is 0 Å². The maximum absolute atomic E-state index is 14.5. The molecule has 4 aliphatic carbocycles. The quantitative estimate of drug-likeness (QED) is 0.0140. The fourth-order valence-corrected chi connectivity index (χ4v) is 13.3. The van der Waals surface area contributed by atoms with E-state index in [0.717, 1.165) is 10.5 Å². The lowest BCUT2D eigenvalue weighted by Crippen LogP contribution is -2.69. The third-order valence-corrected chi connectivity index (χ3v) is 19.4. The number of nitrogens with one attached hydrogen (secondary N) is 6. The summed E-state index contributed by atoms with van der Waals surface area (Å²) in [6.45, 7) is 7.86. The van der Waals surface area contributed by atoms with Crippen molar-refractivity contribution in [2.24, 2.45) is 28.6 Å². The van der Waals surface area contributed by atoms with Gasteiger partial charge < -0.3 is 70.5 Å². The van der Waals surface area contributed by atoms with Crippen LogP contribution in [0.2, 0.25) is 0 Å². The monoisotopic (exact) mass is 1360 g/mol. The molecule has 8 N–H and O–H groups in total. The Kier molecular flexibility index (Phi) is 27.0. The van der Waals surface area contributed by atoms with Crippen LogP contribution in [-0.2, 0) is 86.0 Å². The topological polar surface area (TPSA) is 376 Å². The molecule has 0 radical (unpaired) electrons. The number of aliphatic hydroxyl groups is 1. The zero-order valence-electron chi connectivity index (χ0n) is 48.8. The highest BCUT2D eigenvalue weighted by atomic mass is 79.9. The molecule has 86 heavy (non-hydrogen) atoms. The number of ether oxygens (including phenoxy) is 6. The van der Waals surface area contributed by atoms with Crippen molar-refractivity contribution in [1.29, 1.82) is 0 Å². The van der Waals surface area contributed by atoms with E-state index in [1.54, 1.807) is 19.1 Å². The molecule has 1 heterocycles. The number of carboxylic acid groups (broad SMARTS) is 1. The smallest absolute Gasteiger partial charge is 0.306 e. The first-order chi connectivity index (χ1) is 40.7. The summed E-state index contributed by atoms with van der Waals surface area (Å²) >= 11 is 13.7. The Morgan fingerprint density at radius 2 is 1.36 bits per heavy atom. The first kappa shape index (κ1) is 71.2. The van der Waals surface area contributed by atoms with Gasteiger partial charge in [0, 0.05) is 55.5 Å². The average Bonchev–Trinajstić information content (AvgIpc) is 1.33. The van der Waals surface area contributed by atoms with Crippen LogP contribution in [0.4, 0.5) is 0 Å². The molecule has 3 fully saturated rings. The highest BCUT2D eigenvalue weighted by molar-refractivity contribution is 9.14. The molecule has 0 bridgehead atoms. The molecule has 2 unspecified atom stereocenters. The van der Waals surface area contributed by atoms with Crippen molar-refractivity contribution in [3.05, 3.63) is 32.8 Å². The Hall–Kier alpha value is -5.53. The van der Waals surface area contributed by atoms with Gasteiger partial charge in [-0.3, -0.25) is 62.4 Å². The maximum atomic E-state index is 14.5. The number of aliphatic hydroxyl groups excluding tert-OH is 1. The summed E-state index contributed by atoms with van der Waals surface area (Å²) in [4.78, 5) is 151. The Bertz CT molecular complexity index is 2660. The number of carboxylic acids is 1. The summed E-state index contributed by atoms with van der Waals surface area (Å²) in [6, 6.07) is -2.60. The highest BCUT2D eigenvalue weighted by Crippen LogP contribution is 2.72. The molecule has 27 nitrogen and oxygen atoms in total. The number of Topliss-reactive ketones (excluding diaryl/α,β-unsaturated/α-hetero) is 1. The molecule has 478 valence electrons. The normalized spacial score (nSPS) is 26.3. The van der Waals surface area contributed by atoms with Crippen LogP contribution < -0.4 is 31.9 Å². The fourth-order valence-electron chi connectivity index (χ4n) is 12.1. The summed E-state index contributed by atoms with van der Waals surface area (Å²) in [5.41, 5.74) is -2.79. The van der Waals surface area contributed by atoms with E-state index in [0.29, 0.717) is 19.3 Å². The number of amides is 8. The molecule has 3 saturated carbocycles. The number of imide groups is 1. The van der Waals surface area contributed by atoms with Crippen molar-refractivity contribution in [2.45, 2.75) is 121 Å². The molecule has 0 aromatic rings. The SMILES string of the molecule is CCC(=O)O[C@]1(C(=O)COCNC(=O)CNC(=O)CNC(=O)[C@H](C)NC(=O)[C@H](CCC(=O)O)NC(=O)CCOCCOCCOCCOCCNC(=O)CCN2C(=O)C(Br)=C(Br)C2=O)[C@@H](C)CC2C3CCC4=CC(=O)C=C[C@]4(C)[C@@]3(Cl)[C@@H](O)C[C@@]21C. The van der Waals surface area contributed by atoms with Crippen molar-refractivity contribution in [2.75, 3.05) is 92.4 Å². The van der Waals surface area contributed by atoms with E-state index in [4.69, 9.17) is 40.0 Å². The van der Waals surface area contributed by atoms with Crippen LogP contribution in [0, 0.1) is 28.6 Å². The second kappa shape index (κ2) is 32.6. The van der Waals surface area contributed by atoms with Crippen molar-refractivity contribution < 1.29 is 96.2 Å². The summed E-state index contributed by atoms with van der Waals surface area (Å²) in [7, 11) is 0. The lowest BCUT2D eigenvalue weighted by Gasteiger charge is -2.64. The van der Waals surface area contributed by atoms with Gasteiger partial charge >= 0.3 is 11.9 Å². The Morgan fingerprint density at radius 1 is 0.756 bits per heavy atom. The fraction of sp³-hybridized carbons (Fsp3) is 0.679. The number of aliphatic carboxylic acids is 1. The molecule has 0 spiro atoms. The molecular weight excluding hydrogens is 1290 g/mol. The van der Waals surface area contributed by atoms with Crippen molar-refractivity contribution in [3.63, 3.8) is 0 Å². The highest BCUT2D eigenvalue weighted by Gasteiger charge is 2.76. The second-order valence-electron chi connectivity index (χ2n) is 21.9. The van der Waals surface area contributed by atoms with Crippen LogP contribution in [0.3, 0.4) is 0 Å². The first-order valence-electron chi connectivity index (χ1n) is 28.4. The number of allylic oxidation sites excluding steroid dienone is 4. The largest absolute Gasteiger partial charge is 0.481 e. The summed E-state index contributed by atoms with van der Waals surface area (Å²) in [5, 5.41) is 35.9. The van der Waals surface area contributed by atoms with Crippen LogP contribution in [0.1, 0.15) is 92.4 Å². The zero-order chi connectivity index (χ0) is 63.6. The third-order valence-electron chi connectivity index (χ3n) is 16.5. The van der Waals surface area contributed by atoms with E-state index >= 15 is 0 Å². The number of nitrogens with zero attached hydrogens (tertiary/aromatic N) is 1. The number of carbonyl (C=O) groups excluding carboxylic acids is 11. The van der Waals surface area contributed by atoms with E-state index in [9.17, 15) is 67.7 Å². The summed E-state index contributed by atoms with van der Waals surface area (Å²) in [6.07, 6.45) is 4.14. The minimum Gasteiger partial charge on any atom is -0.481 e. The number of fused-ring (bicyclic) bond motifs is 5. The summed E-state index contributed by atoms with van der Waals surface area (Å²) in [5.74, 6) is -8.88. The van der Waals surface area contributed by atoms with Crippen molar-refractivity contribution in [3.8, 4) is 0 Å². The van der Waals surface area contributed by atoms with Crippen molar-refractivity contribution in [1.82, 2.24) is 36.8 Å². The predicted octanol–water partition coefficient (Wildman–Crippen LogP) is 0.644. The van der Waals surface area contributed by atoms with Crippen LogP contribution in [-0.4, -0.2) is 207 Å². The molecule has 1 aliphatic heterocycles. The zero-order valence-corrected chi connectivity index (χ0v) is 52.7. The number of ketones is 2. The van der Waals surface area contributed by atoms with E-state index in [1.807, 2.05) is 20.8 Å². The van der Waals surface area contributed by atoms with E-state index in [1.165, 1.54) is 13.0 Å². The van der Waals surface area contributed by atoms with Crippen molar-refractivity contribution >= 4 is 114 Å². The second-order valence-corrected chi connectivity index (χ2v) is 24.2.